The fraction of sp³-hybridized carbons (Fsp3) is 0.267. The van der Waals surface area contributed by atoms with Crippen molar-refractivity contribution in [3.63, 3.8) is 0 Å². The van der Waals surface area contributed by atoms with Gasteiger partial charge in [-0.25, -0.2) is 8.42 Å². The predicted octanol–water partition coefficient (Wildman–Crippen LogP) is 1.78. The molecule has 0 unspecified atom stereocenters. The fourth-order valence-corrected chi connectivity index (χ4v) is 3.70. The molecule has 0 aliphatic heterocycles. The largest absolute Gasteiger partial charge is 0.392 e. The van der Waals surface area contributed by atoms with Gasteiger partial charge in [0.1, 0.15) is 0 Å². The number of pyridine rings is 1. The van der Waals surface area contributed by atoms with Gasteiger partial charge in [-0.2, -0.15) is 4.31 Å². The molecular weight excluding hydrogens is 288 g/mol. The molecule has 21 heavy (non-hydrogen) atoms. The van der Waals surface area contributed by atoms with Gasteiger partial charge in [0, 0.05) is 12.7 Å². The summed E-state index contributed by atoms with van der Waals surface area (Å²) >= 11 is 0. The van der Waals surface area contributed by atoms with Gasteiger partial charge in [-0.15, -0.1) is 0 Å². The quantitative estimate of drug-likeness (QED) is 0.883. The number of aromatic nitrogens is 1. The average Bonchev–Trinajstić information content (AvgIpc) is 2.53. The molecule has 6 heteroatoms. The first-order chi connectivity index (χ1) is 10.1. The Bertz CT molecular complexity index is 687. The van der Waals surface area contributed by atoms with E-state index in [0.717, 1.165) is 0 Å². The van der Waals surface area contributed by atoms with Crippen LogP contribution in [0, 0.1) is 0 Å². The molecule has 0 bridgehead atoms. The molecule has 0 aliphatic rings. The van der Waals surface area contributed by atoms with E-state index in [1.54, 1.807) is 43.5 Å². The number of aliphatic hydroxyl groups is 1. The molecule has 2 rings (SSSR count). The van der Waals surface area contributed by atoms with Crippen molar-refractivity contribution in [2.24, 2.45) is 0 Å². The highest BCUT2D eigenvalue weighted by Crippen LogP contribution is 2.21. The zero-order valence-corrected chi connectivity index (χ0v) is 12.6. The summed E-state index contributed by atoms with van der Waals surface area (Å²) in [4.78, 5) is 4.30. The monoisotopic (exact) mass is 306 g/mol. The molecular formula is C15H18N2O3S. The number of nitrogens with zero attached hydrogens (tertiary/aromatic N) is 2. The first kappa shape index (κ1) is 15.6. The molecule has 1 aromatic heterocycles. The summed E-state index contributed by atoms with van der Waals surface area (Å²) in [5, 5.41) is 9.33. The molecule has 2 aromatic rings. The van der Waals surface area contributed by atoms with E-state index in [1.807, 2.05) is 6.07 Å². The van der Waals surface area contributed by atoms with Crippen molar-refractivity contribution in [3.05, 3.63) is 59.9 Å². The maximum atomic E-state index is 12.7. The molecule has 5 nitrogen and oxygen atoms in total. The van der Waals surface area contributed by atoms with Crippen LogP contribution >= 0.6 is 0 Å². The number of hydrogen-bond donors (Lipinski definition) is 1. The lowest BCUT2D eigenvalue weighted by molar-refractivity contribution is 0.278. The van der Waals surface area contributed by atoms with Crippen LogP contribution in [0.5, 0.6) is 0 Å². The van der Waals surface area contributed by atoms with Crippen LogP contribution in [-0.4, -0.2) is 29.4 Å². The second kappa shape index (κ2) is 6.80. The highest BCUT2D eigenvalue weighted by atomic mass is 32.2. The van der Waals surface area contributed by atoms with Gasteiger partial charge in [0.2, 0.25) is 10.0 Å². The summed E-state index contributed by atoms with van der Waals surface area (Å²) in [5.41, 5.74) is 1.08. The molecule has 1 aromatic carbocycles. The third kappa shape index (κ3) is 3.47. The Hall–Kier alpha value is -1.76. The van der Waals surface area contributed by atoms with Crippen LogP contribution in [-0.2, 0) is 23.2 Å². The smallest absolute Gasteiger partial charge is 0.243 e. The van der Waals surface area contributed by atoms with Gasteiger partial charge in [0.15, 0.2) is 0 Å². The second-order valence-electron chi connectivity index (χ2n) is 4.52. The lowest BCUT2D eigenvalue weighted by Gasteiger charge is -2.21. The summed E-state index contributed by atoms with van der Waals surface area (Å²) in [6.45, 7) is 2.01. The van der Waals surface area contributed by atoms with Gasteiger partial charge in [0.25, 0.3) is 0 Å². The van der Waals surface area contributed by atoms with Gasteiger partial charge in [0.05, 0.1) is 23.7 Å². The molecule has 112 valence electrons. The lowest BCUT2D eigenvalue weighted by atomic mass is 10.2. The predicted molar refractivity (Wildman–Crippen MR) is 79.9 cm³/mol. The van der Waals surface area contributed by atoms with E-state index in [2.05, 4.69) is 4.98 Å². The van der Waals surface area contributed by atoms with Crippen molar-refractivity contribution in [2.75, 3.05) is 6.54 Å². The number of aliphatic hydroxyl groups excluding tert-OH is 1. The van der Waals surface area contributed by atoms with Crippen molar-refractivity contribution < 1.29 is 13.5 Å². The van der Waals surface area contributed by atoms with Crippen molar-refractivity contribution in [2.45, 2.75) is 25.0 Å². The Labute approximate surface area is 124 Å². The average molecular weight is 306 g/mol. The Morgan fingerprint density at radius 3 is 2.48 bits per heavy atom. The van der Waals surface area contributed by atoms with E-state index >= 15 is 0 Å². The number of sulfonamides is 1. The lowest BCUT2D eigenvalue weighted by Crippen LogP contribution is -2.31. The SMILES string of the molecule is CCN(Cc1ccccn1)S(=O)(=O)c1ccccc1CO. The maximum Gasteiger partial charge on any atom is 0.243 e. The first-order valence-corrected chi connectivity index (χ1v) is 8.12. The molecule has 0 amide bonds. The molecule has 0 saturated carbocycles. The third-order valence-corrected chi connectivity index (χ3v) is 5.20. The van der Waals surface area contributed by atoms with Gasteiger partial charge in [-0.05, 0) is 23.8 Å². The van der Waals surface area contributed by atoms with Crippen molar-refractivity contribution in [1.82, 2.24) is 9.29 Å². The topological polar surface area (TPSA) is 70.5 Å². The van der Waals surface area contributed by atoms with E-state index < -0.39 is 10.0 Å². The van der Waals surface area contributed by atoms with Gasteiger partial charge >= 0.3 is 0 Å². The van der Waals surface area contributed by atoms with E-state index in [0.29, 0.717) is 17.8 Å². The fourth-order valence-electron chi connectivity index (χ4n) is 2.06. The number of hydrogen-bond acceptors (Lipinski definition) is 4. The molecule has 0 radical (unpaired) electrons. The zero-order chi connectivity index (χ0) is 15.3. The summed E-state index contributed by atoms with van der Waals surface area (Å²) in [5.74, 6) is 0. The van der Waals surface area contributed by atoms with Crippen LogP contribution in [0.4, 0.5) is 0 Å². The Balaban J connectivity index is 2.36. The number of benzene rings is 1. The van der Waals surface area contributed by atoms with E-state index in [1.165, 1.54) is 10.4 Å². The summed E-state index contributed by atoms with van der Waals surface area (Å²) in [7, 11) is -3.66. The van der Waals surface area contributed by atoms with Crippen LogP contribution in [0.2, 0.25) is 0 Å². The van der Waals surface area contributed by atoms with Crippen LogP contribution in [0.15, 0.2) is 53.6 Å². The number of rotatable bonds is 6. The standard InChI is InChI=1S/C15H18N2O3S/c1-2-17(11-14-8-5-6-10-16-14)21(19,20)15-9-4-3-7-13(15)12-18/h3-10,18H,2,11-12H2,1H3. The highest BCUT2D eigenvalue weighted by molar-refractivity contribution is 7.89. The summed E-state index contributed by atoms with van der Waals surface area (Å²) in [6, 6.07) is 11.9. The molecule has 0 aliphatic carbocycles. The summed E-state index contributed by atoms with van der Waals surface area (Å²) in [6.07, 6.45) is 1.64. The minimum Gasteiger partial charge on any atom is -0.392 e. The van der Waals surface area contributed by atoms with Crippen molar-refractivity contribution in [1.29, 1.82) is 0 Å². The van der Waals surface area contributed by atoms with E-state index in [4.69, 9.17) is 0 Å². The molecule has 0 saturated heterocycles. The molecule has 1 heterocycles. The van der Waals surface area contributed by atoms with Gasteiger partial charge in [-0.1, -0.05) is 31.2 Å². The molecule has 0 fully saturated rings. The van der Waals surface area contributed by atoms with Crippen molar-refractivity contribution >= 4 is 10.0 Å². The summed E-state index contributed by atoms with van der Waals surface area (Å²) < 4.78 is 26.8. The van der Waals surface area contributed by atoms with Gasteiger partial charge in [-0.3, -0.25) is 4.98 Å². The minimum atomic E-state index is -3.66. The zero-order valence-electron chi connectivity index (χ0n) is 11.8. The Morgan fingerprint density at radius 1 is 1.14 bits per heavy atom. The second-order valence-corrected chi connectivity index (χ2v) is 6.42. The van der Waals surface area contributed by atoms with E-state index in [-0.39, 0.29) is 18.0 Å². The van der Waals surface area contributed by atoms with Crippen LogP contribution in [0.1, 0.15) is 18.2 Å². The molecule has 1 N–H and O–H groups in total. The van der Waals surface area contributed by atoms with Crippen LogP contribution < -0.4 is 0 Å². The maximum absolute atomic E-state index is 12.7. The normalized spacial score (nSPS) is 11.8. The van der Waals surface area contributed by atoms with Crippen LogP contribution in [0.3, 0.4) is 0 Å². The van der Waals surface area contributed by atoms with E-state index in [9.17, 15) is 13.5 Å². The molecule has 0 spiro atoms. The molecule has 0 atom stereocenters. The highest BCUT2D eigenvalue weighted by Gasteiger charge is 2.25. The van der Waals surface area contributed by atoms with Crippen molar-refractivity contribution in [3.8, 4) is 0 Å². The Kier molecular flexibility index (Phi) is 5.06. The first-order valence-electron chi connectivity index (χ1n) is 6.68. The van der Waals surface area contributed by atoms with Crippen LogP contribution in [0.25, 0.3) is 0 Å². The Morgan fingerprint density at radius 2 is 1.86 bits per heavy atom. The minimum absolute atomic E-state index is 0.144. The third-order valence-electron chi connectivity index (χ3n) is 3.18. The van der Waals surface area contributed by atoms with Gasteiger partial charge < -0.3 is 5.11 Å².